The molecule has 0 aromatic rings. The fraction of sp³-hybridized carbons (Fsp3) is 1.00. The summed E-state index contributed by atoms with van der Waals surface area (Å²) in [5.74, 6) is 0. The Labute approximate surface area is 97.6 Å². The van der Waals surface area contributed by atoms with Crippen molar-refractivity contribution in [1.29, 1.82) is 0 Å². The molecule has 0 unspecified atom stereocenters. The van der Waals surface area contributed by atoms with Gasteiger partial charge in [-0.2, -0.15) is 0 Å². The second-order valence-corrected chi connectivity index (χ2v) is 6.47. The van der Waals surface area contributed by atoms with Crippen molar-refractivity contribution in [3.63, 3.8) is 0 Å². The minimum atomic E-state index is -2.57. The molecule has 0 amide bonds. The minimum Gasteiger partial charge on any atom is -0.361 e. The van der Waals surface area contributed by atoms with Gasteiger partial charge in [0.25, 0.3) is 0 Å². The Morgan fingerprint density at radius 2 is 1.47 bits per heavy atom. The molecule has 0 rings (SSSR count). The van der Waals surface area contributed by atoms with E-state index in [4.69, 9.17) is 13.3 Å². The molecule has 0 heterocycles. The van der Waals surface area contributed by atoms with E-state index in [1.54, 1.807) is 0 Å². The predicted octanol–water partition coefficient (Wildman–Crippen LogP) is 0.295. The molecular formula is C9H25NO3Si2. The van der Waals surface area contributed by atoms with Crippen LogP contribution in [0.4, 0.5) is 0 Å². The lowest BCUT2D eigenvalue weighted by Gasteiger charge is -2.28. The zero-order valence-corrected chi connectivity index (χ0v) is 13.5. The van der Waals surface area contributed by atoms with E-state index in [2.05, 4.69) is 4.98 Å². The van der Waals surface area contributed by atoms with E-state index in [0.29, 0.717) is 19.8 Å². The average molecular weight is 251 g/mol. The second-order valence-electron chi connectivity index (χ2n) is 3.14. The van der Waals surface area contributed by atoms with E-state index in [1.807, 2.05) is 20.8 Å². The van der Waals surface area contributed by atoms with Crippen molar-refractivity contribution in [2.24, 2.45) is 0 Å². The number of rotatable bonds is 10. The SMILES string of the molecule is CCO[Si](NCCC[SiH3])(OCC)OCC. The summed E-state index contributed by atoms with van der Waals surface area (Å²) in [6, 6.07) is 1.29. The third kappa shape index (κ3) is 6.44. The summed E-state index contributed by atoms with van der Waals surface area (Å²) in [5, 5.41) is 0. The minimum absolute atomic E-state index is 0.625. The highest BCUT2D eigenvalue weighted by molar-refractivity contribution is 6.57. The van der Waals surface area contributed by atoms with Gasteiger partial charge in [0.05, 0.1) is 0 Å². The molecule has 6 heteroatoms. The summed E-state index contributed by atoms with van der Waals surface area (Å²) < 4.78 is 17.0. The molecule has 0 aliphatic heterocycles. The third-order valence-corrected chi connectivity index (χ3v) is 5.27. The van der Waals surface area contributed by atoms with Crippen LogP contribution in [0.15, 0.2) is 0 Å². The van der Waals surface area contributed by atoms with Crippen molar-refractivity contribution in [2.75, 3.05) is 26.4 Å². The maximum atomic E-state index is 5.65. The molecule has 15 heavy (non-hydrogen) atoms. The maximum absolute atomic E-state index is 5.65. The van der Waals surface area contributed by atoms with Gasteiger partial charge in [0.1, 0.15) is 0 Å². The normalized spacial score (nSPS) is 12.2. The first-order valence-electron chi connectivity index (χ1n) is 5.91. The van der Waals surface area contributed by atoms with Crippen LogP contribution in [0.5, 0.6) is 0 Å². The second kappa shape index (κ2) is 9.50. The first kappa shape index (κ1) is 15.3. The molecule has 0 bridgehead atoms. The predicted molar refractivity (Wildman–Crippen MR) is 68.0 cm³/mol. The molecule has 0 atom stereocenters. The Balaban J connectivity index is 4.18. The lowest BCUT2D eigenvalue weighted by atomic mass is 10.5. The van der Waals surface area contributed by atoms with Gasteiger partial charge in [-0.3, -0.25) is 4.98 Å². The Bertz CT molecular complexity index is 132. The van der Waals surface area contributed by atoms with Crippen LogP contribution in [0.2, 0.25) is 6.04 Å². The van der Waals surface area contributed by atoms with E-state index in [1.165, 1.54) is 22.7 Å². The van der Waals surface area contributed by atoms with Gasteiger partial charge < -0.3 is 13.3 Å². The Morgan fingerprint density at radius 1 is 1.00 bits per heavy atom. The van der Waals surface area contributed by atoms with Gasteiger partial charge in [0, 0.05) is 30.1 Å². The molecule has 0 saturated heterocycles. The van der Waals surface area contributed by atoms with E-state index < -0.39 is 8.97 Å². The zero-order valence-electron chi connectivity index (χ0n) is 10.5. The van der Waals surface area contributed by atoms with Crippen LogP contribution in [0.3, 0.4) is 0 Å². The van der Waals surface area contributed by atoms with Crippen LogP contribution in [-0.2, 0) is 13.3 Å². The number of hydrogen-bond acceptors (Lipinski definition) is 4. The van der Waals surface area contributed by atoms with E-state index in [0.717, 1.165) is 6.54 Å². The van der Waals surface area contributed by atoms with Gasteiger partial charge in [-0.25, -0.2) is 0 Å². The standard InChI is InChI=1S/C9H25NO3Si2/c1-4-11-15(12-5-2,13-6-3)10-8-7-9-14/h10H,4-9H2,1-3,14H3. The maximum Gasteiger partial charge on any atom is 0.596 e. The number of hydrogen-bond donors (Lipinski definition) is 1. The number of nitrogens with one attached hydrogen (secondary N) is 1. The Kier molecular flexibility index (Phi) is 9.67. The molecule has 0 aliphatic rings. The molecule has 92 valence electrons. The van der Waals surface area contributed by atoms with E-state index >= 15 is 0 Å². The van der Waals surface area contributed by atoms with Crippen molar-refractivity contribution >= 4 is 19.2 Å². The smallest absolute Gasteiger partial charge is 0.361 e. The van der Waals surface area contributed by atoms with E-state index in [-0.39, 0.29) is 0 Å². The molecule has 0 aromatic heterocycles. The fourth-order valence-electron chi connectivity index (χ4n) is 1.27. The van der Waals surface area contributed by atoms with Crippen LogP contribution in [0.1, 0.15) is 27.2 Å². The molecule has 4 nitrogen and oxygen atoms in total. The van der Waals surface area contributed by atoms with E-state index in [9.17, 15) is 0 Å². The molecule has 1 N–H and O–H groups in total. The zero-order chi connectivity index (χ0) is 11.6. The van der Waals surface area contributed by atoms with Gasteiger partial charge in [-0.05, 0) is 33.7 Å². The highest BCUT2D eigenvalue weighted by Crippen LogP contribution is 2.06. The van der Waals surface area contributed by atoms with Crippen LogP contribution in [-0.4, -0.2) is 45.6 Å². The van der Waals surface area contributed by atoms with Crippen LogP contribution in [0.25, 0.3) is 0 Å². The summed E-state index contributed by atoms with van der Waals surface area (Å²) in [5.41, 5.74) is 0. The fourth-order valence-corrected chi connectivity index (χ4v) is 3.80. The summed E-state index contributed by atoms with van der Waals surface area (Å²) in [6.45, 7) is 8.70. The third-order valence-electron chi connectivity index (χ3n) is 1.87. The van der Waals surface area contributed by atoms with Crippen LogP contribution >= 0.6 is 0 Å². The van der Waals surface area contributed by atoms with Crippen molar-refractivity contribution in [3.8, 4) is 0 Å². The van der Waals surface area contributed by atoms with Crippen molar-refractivity contribution < 1.29 is 13.3 Å². The quantitative estimate of drug-likeness (QED) is 0.448. The molecule has 0 radical (unpaired) electrons. The highest BCUT2D eigenvalue weighted by atomic mass is 28.4. The lowest BCUT2D eigenvalue weighted by Crippen LogP contribution is -2.59. The highest BCUT2D eigenvalue weighted by Gasteiger charge is 2.40. The first-order chi connectivity index (χ1) is 7.24. The van der Waals surface area contributed by atoms with Gasteiger partial charge >= 0.3 is 8.97 Å². The van der Waals surface area contributed by atoms with Crippen molar-refractivity contribution in [1.82, 2.24) is 4.98 Å². The summed E-state index contributed by atoms with van der Waals surface area (Å²) in [7, 11) is -1.32. The van der Waals surface area contributed by atoms with Gasteiger partial charge in [-0.15, -0.1) is 0 Å². The molecule has 0 aromatic carbocycles. The van der Waals surface area contributed by atoms with Crippen molar-refractivity contribution in [3.05, 3.63) is 0 Å². The summed E-state index contributed by atoms with van der Waals surface area (Å²) in [6.07, 6.45) is 1.17. The van der Waals surface area contributed by atoms with Crippen molar-refractivity contribution in [2.45, 2.75) is 33.2 Å². The molecule has 0 saturated carbocycles. The van der Waals surface area contributed by atoms with Gasteiger partial charge in [-0.1, -0.05) is 6.04 Å². The molecule has 0 aliphatic carbocycles. The van der Waals surface area contributed by atoms with Crippen LogP contribution in [0, 0.1) is 0 Å². The Morgan fingerprint density at radius 3 is 1.80 bits per heavy atom. The van der Waals surface area contributed by atoms with Gasteiger partial charge in [0.2, 0.25) is 0 Å². The first-order valence-corrected chi connectivity index (χ1v) is 9.05. The largest absolute Gasteiger partial charge is 0.596 e. The topological polar surface area (TPSA) is 39.7 Å². The molecule has 0 fully saturated rings. The average Bonchev–Trinajstić information content (AvgIpc) is 2.19. The lowest BCUT2D eigenvalue weighted by molar-refractivity contribution is 0.0600. The van der Waals surface area contributed by atoms with Crippen LogP contribution < -0.4 is 4.98 Å². The molecule has 0 spiro atoms. The monoisotopic (exact) mass is 251 g/mol. The van der Waals surface area contributed by atoms with Gasteiger partial charge in [0.15, 0.2) is 0 Å². The summed E-state index contributed by atoms with van der Waals surface area (Å²) in [4.78, 5) is 3.33. The molecular weight excluding hydrogens is 226 g/mol. The Hall–Kier alpha value is 0.274. The summed E-state index contributed by atoms with van der Waals surface area (Å²) >= 11 is 0.